The van der Waals surface area contributed by atoms with Gasteiger partial charge in [-0.15, -0.1) is 0 Å². The fourth-order valence-corrected chi connectivity index (χ4v) is 3.12. The number of nitrogens with zero attached hydrogens (tertiary/aromatic N) is 1. The van der Waals surface area contributed by atoms with E-state index >= 15 is 0 Å². The Bertz CT molecular complexity index is 806. The second kappa shape index (κ2) is 5.85. The maximum absolute atomic E-state index is 11.8. The van der Waals surface area contributed by atoms with Crippen LogP contribution in [-0.4, -0.2) is 15.6 Å². The van der Waals surface area contributed by atoms with Gasteiger partial charge in [0.2, 0.25) is 0 Å². The Balaban J connectivity index is 2.04. The van der Waals surface area contributed by atoms with Crippen molar-refractivity contribution < 1.29 is 4.79 Å². The van der Waals surface area contributed by atoms with Crippen molar-refractivity contribution in [2.24, 2.45) is 0 Å². The number of benzene rings is 1. The van der Waals surface area contributed by atoms with Gasteiger partial charge in [0.15, 0.2) is 5.11 Å². The molecule has 0 unspecified atom stereocenters. The summed E-state index contributed by atoms with van der Waals surface area (Å²) < 4.78 is 3.37. The minimum Gasteiger partial charge on any atom is -0.328 e. The number of halogens is 1. The average Bonchev–Trinajstić information content (AvgIpc) is 2.92. The van der Waals surface area contributed by atoms with E-state index < -0.39 is 0 Å². The van der Waals surface area contributed by atoms with Gasteiger partial charge in [-0.1, -0.05) is 0 Å². The highest BCUT2D eigenvalue weighted by Gasteiger charge is 2.21. The van der Waals surface area contributed by atoms with Gasteiger partial charge in [-0.05, 0) is 90.6 Å². The first-order chi connectivity index (χ1) is 10.5. The summed E-state index contributed by atoms with van der Waals surface area (Å²) in [5, 5.41) is 5.80. The van der Waals surface area contributed by atoms with Crippen LogP contribution in [0.5, 0.6) is 0 Å². The van der Waals surface area contributed by atoms with Crippen LogP contribution in [0.2, 0.25) is 0 Å². The highest BCUT2D eigenvalue weighted by molar-refractivity contribution is 14.1. The Kier molecular flexibility index (Phi) is 4.05. The van der Waals surface area contributed by atoms with Crippen LogP contribution >= 0.6 is 34.8 Å². The van der Waals surface area contributed by atoms with Gasteiger partial charge in [0.25, 0.3) is 5.91 Å². The van der Waals surface area contributed by atoms with Crippen LogP contribution in [0.15, 0.2) is 36.0 Å². The predicted octanol–water partition coefficient (Wildman–Crippen LogP) is 3.04. The molecule has 0 saturated carbocycles. The molecule has 0 aliphatic carbocycles. The molecule has 2 aromatic rings. The first kappa shape index (κ1) is 15.2. The van der Waals surface area contributed by atoms with Gasteiger partial charge < -0.3 is 9.88 Å². The normalized spacial score (nSPS) is 16.0. The van der Waals surface area contributed by atoms with Crippen molar-refractivity contribution in [1.29, 1.82) is 0 Å². The molecule has 4 nitrogen and oxygen atoms in total. The van der Waals surface area contributed by atoms with Gasteiger partial charge in [0.1, 0.15) is 5.70 Å². The minimum atomic E-state index is -0.191. The molecule has 112 valence electrons. The molecule has 1 fully saturated rings. The fraction of sp³-hybridized carbons (Fsp3) is 0.125. The van der Waals surface area contributed by atoms with Gasteiger partial charge in [0, 0.05) is 20.6 Å². The van der Waals surface area contributed by atoms with E-state index in [0.717, 1.165) is 22.6 Å². The van der Waals surface area contributed by atoms with Crippen LogP contribution < -0.4 is 10.6 Å². The van der Waals surface area contributed by atoms with Crippen LogP contribution in [0, 0.1) is 17.4 Å². The Morgan fingerprint density at radius 3 is 2.45 bits per heavy atom. The molecule has 3 rings (SSSR count). The molecule has 22 heavy (non-hydrogen) atoms. The Morgan fingerprint density at radius 1 is 1.18 bits per heavy atom. The van der Waals surface area contributed by atoms with Crippen molar-refractivity contribution in [3.05, 3.63) is 56.6 Å². The van der Waals surface area contributed by atoms with Crippen molar-refractivity contribution in [2.45, 2.75) is 13.8 Å². The summed E-state index contributed by atoms with van der Waals surface area (Å²) in [6, 6.07) is 10.4. The molecule has 0 bridgehead atoms. The summed E-state index contributed by atoms with van der Waals surface area (Å²) in [5.74, 6) is -0.191. The molecular weight excluding hydrogens is 409 g/mol. The number of rotatable bonds is 2. The molecule has 1 amide bonds. The Morgan fingerprint density at radius 2 is 1.86 bits per heavy atom. The monoisotopic (exact) mass is 423 g/mol. The van der Waals surface area contributed by atoms with Crippen LogP contribution in [0.1, 0.15) is 17.0 Å². The van der Waals surface area contributed by atoms with Crippen LogP contribution in [-0.2, 0) is 4.79 Å². The largest absolute Gasteiger partial charge is 0.328 e. The molecule has 2 N–H and O–H groups in total. The smallest absolute Gasteiger partial charge is 0.273 e. The van der Waals surface area contributed by atoms with E-state index in [1.807, 2.05) is 13.0 Å². The van der Waals surface area contributed by atoms with Gasteiger partial charge in [-0.2, -0.15) is 0 Å². The zero-order valence-corrected chi connectivity index (χ0v) is 15.1. The second-order valence-corrected chi connectivity index (χ2v) is 6.76. The van der Waals surface area contributed by atoms with Crippen molar-refractivity contribution in [2.75, 3.05) is 0 Å². The number of hydrogen-bond donors (Lipinski definition) is 2. The third kappa shape index (κ3) is 2.80. The highest BCUT2D eigenvalue weighted by Crippen LogP contribution is 2.23. The number of amides is 1. The summed E-state index contributed by atoms with van der Waals surface area (Å²) in [6.45, 7) is 4.10. The molecule has 1 aromatic heterocycles. The first-order valence-corrected chi connectivity index (χ1v) is 8.23. The van der Waals surface area contributed by atoms with Crippen molar-refractivity contribution >= 4 is 51.9 Å². The topological polar surface area (TPSA) is 46.1 Å². The molecule has 1 aliphatic rings. The van der Waals surface area contributed by atoms with E-state index in [0.29, 0.717) is 10.8 Å². The number of thiocarbonyl (C=S) groups is 1. The van der Waals surface area contributed by atoms with E-state index in [4.69, 9.17) is 12.2 Å². The second-order valence-electron chi connectivity index (χ2n) is 5.10. The summed E-state index contributed by atoms with van der Waals surface area (Å²) in [6.07, 6.45) is 1.83. The van der Waals surface area contributed by atoms with Crippen molar-refractivity contribution in [3.63, 3.8) is 0 Å². The summed E-state index contributed by atoms with van der Waals surface area (Å²) in [4.78, 5) is 11.8. The molecule has 1 saturated heterocycles. The van der Waals surface area contributed by atoms with E-state index in [1.54, 1.807) is 0 Å². The van der Waals surface area contributed by atoms with E-state index in [9.17, 15) is 4.79 Å². The zero-order chi connectivity index (χ0) is 15.9. The fourth-order valence-electron chi connectivity index (χ4n) is 2.56. The Labute approximate surface area is 147 Å². The lowest BCUT2D eigenvalue weighted by molar-refractivity contribution is -0.115. The Hall–Kier alpha value is -1.67. The third-order valence-electron chi connectivity index (χ3n) is 3.57. The molecule has 1 aromatic carbocycles. The van der Waals surface area contributed by atoms with E-state index in [2.05, 4.69) is 75.0 Å². The van der Waals surface area contributed by atoms with Crippen LogP contribution in [0.25, 0.3) is 11.8 Å². The number of carbonyl (C=O) groups is 1. The van der Waals surface area contributed by atoms with E-state index in [-0.39, 0.29) is 5.91 Å². The van der Waals surface area contributed by atoms with Crippen molar-refractivity contribution in [3.8, 4) is 5.69 Å². The quantitative estimate of drug-likeness (QED) is 0.444. The van der Waals surface area contributed by atoms with Crippen LogP contribution in [0.3, 0.4) is 0 Å². The molecule has 0 atom stereocenters. The highest BCUT2D eigenvalue weighted by atomic mass is 127. The summed E-state index contributed by atoms with van der Waals surface area (Å²) in [5.41, 5.74) is 4.79. The van der Waals surface area contributed by atoms with Crippen LogP contribution in [0.4, 0.5) is 0 Å². The number of aromatic nitrogens is 1. The maximum Gasteiger partial charge on any atom is 0.273 e. The van der Waals surface area contributed by atoms with Gasteiger partial charge in [-0.3, -0.25) is 10.1 Å². The molecule has 0 radical (unpaired) electrons. The molecule has 0 spiro atoms. The summed E-state index contributed by atoms with van der Waals surface area (Å²) in [7, 11) is 0. The predicted molar refractivity (Wildman–Crippen MR) is 99.8 cm³/mol. The average molecular weight is 423 g/mol. The molecule has 6 heteroatoms. The standard InChI is InChI=1S/C16H14IN3OS/c1-9-7-11(8-14-15(21)19-16(22)18-14)10(2)20(9)13-5-3-12(17)4-6-13/h3-8H,1-2H3,(H2,18,19,21,22)/b14-8+. The molecule has 1 aliphatic heterocycles. The molecular formula is C16H14IN3OS. The lowest BCUT2D eigenvalue weighted by Crippen LogP contribution is -2.21. The summed E-state index contributed by atoms with van der Waals surface area (Å²) >= 11 is 7.24. The SMILES string of the molecule is Cc1cc(/C=C2/NC(=S)NC2=O)c(C)n1-c1ccc(I)cc1. The lowest BCUT2D eigenvalue weighted by Gasteiger charge is -2.09. The van der Waals surface area contributed by atoms with Gasteiger partial charge >= 0.3 is 0 Å². The molecule has 2 heterocycles. The number of carbonyl (C=O) groups excluding carboxylic acids is 1. The van der Waals surface area contributed by atoms with Gasteiger partial charge in [-0.25, -0.2) is 0 Å². The third-order valence-corrected chi connectivity index (χ3v) is 4.50. The number of nitrogens with one attached hydrogen (secondary N) is 2. The van der Waals surface area contributed by atoms with E-state index in [1.165, 1.54) is 3.57 Å². The zero-order valence-electron chi connectivity index (χ0n) is 12.1. The lowest BCUT2D eigenvalue weighted by atomic mass is 10.2. The number of aryl methyl sites for hydroxylation is 1. The maximum atomic E-state index is 11.8. The van der Waals surface area contributed by atoms with Gasteiger partial charge in [0.05, 0.1) is 0 Å². The first-order valence-electron chi connectivity index (χ1n) is 6.74. The van der Waals surface area contributed by atoms with Crippen molar-refractivity contribution in [1.82, 2.24) is 15.2 Å². The number of hydrogen-bond acceptors (Lipinski definition) is 2. The minimum absolute atomic E-state index is 0.191.